The molecule has 0 radical (unpaired) electrons. The third kappa shape index (κ3) is 3.51. The first-order valence-electron chi connectivity index (χ1n) is 6.19. The van der Waals surface area contributed by atoms with E-state index >= 15 is 0 Å². The second-order valence-corrected chi connectivity index (χ2v) is 6.69. The molecule has 1 atom stereocenters. The Balaban J connectivity index is 1.95. The third-order valence-electron chi connectivity index (χ3n) is 3.07. The largest absolute Gasteiger partial charge is 0.312 e. The monoisotopic (exact) mass is 269 g/mol. The normalized spacial score (nSPS) is 21.9. The summed E-state index contributed by atoms with van der Waals surface area (Å²) >= 11 is 0. The number of piperazine rings is 1. The second-order valence-electron chi connectivity index (χ2n) is 4.60. The van der Waals surface area contributed by atoms with Gasteiger partial charge in [-0.1, -0.05) is 6.07 Å². The molecule has 0 amide bonds. The lowest BCUT2D eigenvalue weighted by molar-refractivity contribution is 0.310. The Bertz CT molecular complexity index is 475. The number of hydrogen-bond donors (Lipinski definition) is 1. The summed E-state index contributed by atoms with van der Waals surface area (Å²) in [5.41, 5.74) is 0.823. The second kappa shape index (κ2) is 5.77. The Morgan fingerprint density at radius 1 is 1.50 bits per heavy atom. The van der Waals surface area contributed by atoms with Gasteiger partial charge in [0.2, 0.25) is 10.0 Å². The van der Waals surface area contributed by atoms with E-state index in [1.165, 1.54) is 0 Å². The number of rotatable bonds is 4. The maximum absolute atomic E-state index is 12.2. The van der Waals surface area contributed by atoms with E-state index in [0.29, 0.717) is 19.5 Å². The molecule has 1 saturated heterocycles. The van der Waals surface area contributed by atoms with Gasteiger partial charge in [0, 0.05) is 44.0 Å². The molecule has 0 bridgehead atoms. The maximum Gasteiger partial charge on any atom is 0.214 e. The number of hydrogen-bond acceptors (Lipinski definition) is 4. The molecule has 2 heterocycles. The van der Waals surface area contributed by atoms with Gasteiger partial charge in [-0.05, 0) is 19.1 Å². The molecule has 1 aliphatic heterocycles. The van der Waals surface area contributed by atoms with E-state index < -0.39 is 10.0 Å². The van der Waals surface area contributed by atoms with Gasteiger partial charge in [0.1, 0.15) is 0 Å². The molecule has 1 N–H and O–H groups in total. The van der Waals surface area contributed by atoms with Crippen LogP contribution in [0, 0.1) is 0 Å². The maximum atomic E-state index is 12.2. The van der Waals surface area contributed by atoms with E-state index in [1.54, 1.807) is 10.5 Å². The van der Waals surface area contributed by atoms with Crippen LogP contribution in [0.3, 0.4) is 0 Å². The minimum atomic E-state index is -3.16. The zero-order valence-corrected chi connectivity index (χ0v) is 11.4. The Hall–Kier alpha value is -0.980. The van der Waals surface area contributed by atoms with Gasteiger partial charge in [0.25, 0.3) is 0 Å². The molecule has 2 rings (SSSR count). The van der Waals surface area contributed by atoms with Gasteiger partial charge < -0.3 is 5.32 Å². The minimum absolute atomic E-state index is 0.136. The van der Waals surface area contributed by atoms with Crippen molar-refractivity contribution >= 4 is 10.0 Å². The van der Waals surface area contributed by atoms with Crippen molar-refractivity contribution < 1.29 is 8.42 Å². The fourth-order valence-corrected chi connectivity index (χ4v) is 3.60. The zero-order valence-electron chi connectivity index (χ0n) is 10.5. The first kappa shape index (κ1) is 13.5. The van der Waals surface area contributed by atoms with Crippen molar-refractivity contribution in [3.8, 4) is 0 Å². The molecule has 0 unspecified atom stereocenters. The minimum Gasteiger partial charge on any atom is -0.312 e. The Morgan fingerprint density at radius 2 is 2.33 bits per heavy atom. The predicted octanol–water partition coefficient (Wildman–Crippen LogP) is 0.248. The molecule has 5 nitrogen and oxygen atoms in total. The molecule has 0 spiro atoms. The first-order chi connectivity index (χ1) is 8.58. The van der Waals surface area contributed by atoms with Gasteiger partial charge in [-0.15, -0.1) is 0 Å². The van der Waals surface area contributed by atoms with Crippen LogP contribution in [-0.4, -0.2) is 49.1 Å². The number of sulfonamides is 1. The molecule has 0 aliphatic carbocycles. The number of aryl methyl sites for hydroxylation is 1. The topological polar surface area (TPSA) is 62.3 Å². The average Bonchev–Trinajstić information content (AvgIpc) is 2.38. The molecule has 1 aliphatic rings. The predicted molar refractivity (Wildman–Crippen MR) is 70.8 cm³/mol. The van der Waals surface area contributed by atoms with E-state index in [-0.39, 0.29) is 11.8 Å². The number of pyridine rings is 1. The van der Waals surface area contributed by atoms with Crippen LogP contribution in [0.25, 0.3) is 0 Å². The van der Waals surface area contributed by atoms with Gasteiger partial charge in [-0.25, -0.2) is 8.42 Å². The highest BCUT2D eigenvalue weighted by Gasteiger charge is 2.26. The van der Waals surface area contributed by atoms with Crippen LogP contribution >= 0.6 is 0 Å². The molecule has 0 aromatic carbocycles. The molecule has 100 valence electrons. The molecular formula is C12H19N3O2S. The van der Waals surface area contributed by atoms with E-state index in [4.69, 9.17) is 0 Å². The molecule has 1 aromatic heterocycles. The smallest absolute Gasteiger partial charge is 0.214 e. The van der Waals surface area contributed by atoms with Crippen LogP contribution in [0.15, 0.2) is 24.4 Å². The quantitative estimate of drug-likeness (QED) is 0.851. The molecule has 1 aromatic rings. The third-order valence-corrected chi connectivity index (χ3v) is 4.91. The summed E-state index contributed by atoms with van der Waals surface area (Å²) in [4.78, 5) is 4.15. The number of nitrogens with one attached hydrogen (secondary N) is 1. The van der Waals surface area contributed by atoms with Gasteiger partial charge in [-0.2, -0.15) is 4.31 Å². The van der Waals surface area contributed by atoms with Crippen molar-refractivity contribution in [1.29, 1.82) is 0 Å². The first-order valence-corrected chi connectivity index (χ1v) is 7.80. The molecule has 18 heavy (non-hydrogen) atoms. The Labute approximate surface area is 108 Å². The lowest BCUT2D eigenvalue weighted by atomic mass is 10.3. The van der Waals surface area contributed by atoms with E-state index in [0.717, 1.165) is 12.2 Å². The fourth-order valence-electron chi connectivity index (χ4n) is 2.06. The molecule has 6 heteroatoms. The van der Waals surface area contributed by atoms with Crippen LogP contribution in [0.1, 0.15) is 12.6 Å². The fraction of sp³-hybridized carbons (Fsp3) is 0.583. The summed E-state index contributed by atoms with van der Waals surface area (Å²) in [7, 11) is -3.16. The molecule has 0 saturated carbocycles. The van der Waals surface area contributed by atoms with Gasteiger partial charge in [0.05, 0.1) is 5.75 Å². The highest BCUT2D eigenvalue weighted by molar-refractivity contribution is 7.89. The Morgan fingerprint density at radius 3 is 3.00 bits per heavy atom. The van der Waals surface area contributed by atoms with E-state index in [9.17, 15) is 8.42 Å². The van der Waals surface area contributed by atoms with Crippen LogP contribution in [0.2, 0.25) is 0 Å². The highest BCUT2D eigenvalue weighted by atomic mass is 32.2. The van der Waals surface area contributed by atoms with Gasteiger partial charge >= 0.3 is 0 Å². The summed E-state index contributed by atoms with van der Waals surface area (Å²) in [6, 6.07) is 5.79. The average molecular weight is 269 g/mol. The van der Waals surface area contributed by atoms with Crippen molar-refractivity contribution in [2.75, 3.05) is 25.4 Å². The molecular weight excluding hydrogens is 250 g/mol. The van der Waals surface area contributed by atoms with Crippen molar-refractivity contribution in [1.82, 2.24) is 14.6 Å². The lowest BCUT2D eigenvalue weighted by Crippen LogP contribution is -2.51. The highest BCUT2D eigenvalue weighted by Crippen LogP contribution is 2.08. The number of aromatic nitrogens is 1. The van der Waals surface area contributed by atoms with Crippen LogP contribution < -0.4 is 5.32 Å². The van der Waals surface area contributed by atoms with E-state index in [1.807, 2.05) is 25.1 Å². The zero-order chi connectivity index (χ0) is 13.0. The van der Waals surface area contributed by atoms with E-state index in [2.05, 4.69) is 10.3 Å². The lowest BCUT2D eigenvalue weighted by Gasteiger charge is -2.30. The van der Waals surface area contributed by atoms with Crippen LogP contribution in [-0.2, 0) is 16.4 Å². The van der Waals surface area contributed by atoms with Crippen LogP contribution in [0.4, 0.5) is 0 Å². The SMILES string of the molecule is C[C@@H]1CN(S(=O)(=O)CCc2ccccn2)CCN1. The summed E-state index contributed by atoms with van der Waals surface area (Å²) in [5, 5.41) is 3.24. The standard InChI is InChI=1S/C12H19N3O2S/c1-11-10-15(8-7-13-11)18(16,17)9-5-12-4-2-3-6-14-12/h2-4,6,11,13H,5,7-10H2,1H3/t11-/m1/s1. The van der Waals surface area contributed by atoms with Crippen molar-refractivity contribution in [2.24, 2.45) is 0 Å². The molecule has 1 fully saturated rings. The van der Waals surface area contributed by atoms with Crippen molar-refractivity contribution in [3.63, 3.8) is 0 Å². The number of nitrogens with zero attached hydrogens (tertiary/aromatic N) is 2. The van der Waals surface area contributed by atoms with Crippen LogP contribution in [0.5, 0.6) is 0 Å². The van der Waals surface area contributed by atoms with Crippen molar-refractivity contribution in [2.45, 2.75) is 19.4 Å². The summed E-state index contributed by atoms with van der Waals surface area (Å²) in [6.07, 6.45) is 2.16. The Kier molecular flexibility index (Phi) is 4.31. The summed E-state index contributed by atoms with van der Waals surface area (Å²) in [5.74, 6) is 0.136. The summed E-state index contributed by atoms with van der Waals surface area (Å²) in [6.45, 7) is 3.85. The van der Waals surface area contributed by atoms with Gasteiger partial charge in [0.15, 0.2) is 0 Å². The summed E-state index contributed by atoms with van der Waals surface area (Å²) < 4.78 is 25.9. The van der Waals surface area contributed by atoms with Crippen molar-refractivity contribution in [3.05, 3.63) is 30.1 Å². The van der Waals surface area contributed by atoms with Gasteiger partial charge in [-0.3, -0.25) is 4.98 Å².